The minimum atomic E-state index is -0.267. The molecule has 0 saturated carbocycles. The van der Waals surface area contributed by atoms with Crippen LogP contribution < -0.4 is 15.2 Å². The molecule has 0 radical (unpaired) electrons. The smallest absolute Gasteiger partial charge is 0.295 e. The number of rotatable bonds is 2. The molecule has 0 aliphatic carbocycles. The third-order valence-electron chi connectivity index (χ3n) is 1.42. The van der Waals surface area contributed by atoms with Crippen LogP contribution >= 0.6 is 0 Å². The van der Waals surface area contributed by atoms with Gasteiger partial charge in [0.15, 0.2) is 5.82 Å². The van der Waals surface area contributed by atoms with E-state index in [0.717, 1.165) is 0 Å². The molecule has 0 aliphatic heterocycles. The van der Waals surface area contributed by atoms with Gasteiger partial charge in [-0.2, -0.15) is 0 Å². The highest BCUT2D eigenvalue weighted by molar-refractivity contribution is 5.48. The predicted molar refractivity (Wildman–Crippen MR) is 45.7 cm³/mol. The van der Waals surface area contributed by atoms with Gasteiger partial charge in [-0.3, -0.25) is 4.79 Å². The summed E-state index contributed by atoms with van der Waals surface area (Å²) < 4.78 is 4.89. The lowest BCUT2D eigenvalue weighted by Gasteiger charge is -2.12. The molecule has 5 nitrogen and oxygen atoms in total. The first-order valence-corrected chi connectivity index (χ1v) is 3.46. The number of anilines is 1. The van der Waals surface area contributed by atoms with Gasteiger partial charge in [0.2, 0.25) is 5.75 Å². The van der Waals surface area contributed by atoms with Crippen LogP contribution in [-0.4, -0.2) is 31.2 Å². The van der Waals surface area contributed by atoms with Crippen molar-refractivity contribution in [2.75, 3.05) is 26.1 Å². The second-order valence-corrected chi connectivity index (χ2v) is 2.48. The summed E-state index contributed by atoms with van der Waals surface area (Å²) in [6.45, 7) is 0. The molecule has 12 heavy (non-hydrogen) atoms. The van der Waals surface area contributed by atoms with E-state index in [-0.39, 0.29) is 11.3 Å². The van der Waals surface area contributed by atoms with E-state index in [1.54, 1.807) is 19.0 Å². The first kappa shape index (κ1) is 8.58. The molecule has 0 saturated heterocycles. The van der Waals surface area contributed by atoms with Gasteiger partial charge in [0.05, 0.1) is 13.4 Å². The van der Waals surface area contributed by atoms with Crippen molar-refractivity contribution >= 4 is 5.82 Å². The molecule has 0 bridgehead atoms. The fourth-order valence-electron chi connectivity index (χ4n) is 0.880. The van der Waals surface area contributed by atoms with Crippen LogP contribution in [0.4, 0.5) is 5.82 Å². The summed E-state index contributed by atoms with van der Waals surface area (Å²) in [5.74, 6) is 0.767. The molecular weight excluding hydrogens is 158 g/mol. The second-order valence-electron chi connectivity index (χ2n) is 2.48. The molecule has 66 valence electrons. The van der Waals surface area contributed by atoms with Crippen LogP contribution in [0.15, 0.2) is 11.1 Å². The quantitative estimate of drug-likeness (QED) is 0.668. The van der Waals surface area contributed by atoms with E-state index in [1.807, 2.05) is 0 Å². The maximum Gasteiger partial charge on any atom is 0.295 e. The molecule has 0 aliphatic rings. The van der Waals surface area contributed by atoms with Crippen LogP contribution in [0, 0.1) is 0 Å². The second kappa shape index (κ2) is 3.25. The Bertz CT molecular complexity index is 319. The molecule has 1 heterocycles. The van der Waals surface area contributed by atoms with Crippen LogP contribution in [-0.2, 0) is 0 Å². The lowest BCUT2D eigenvalue weighted by molar-refractivity contribution is 0.406. The van der Waals surface area contributed by atoms with Gasteiger partial charge in [-0.1, -0.05) is 0 Å². The maximum atomic E-state index is 11.1. The van der Waals surface area contributed by atoms with Crippen molar-refractivity contribution in [2.45, 2.75) is 0 Å². The van der Waals surface area contributed by atoms with Crippen molar-refractivity contribution in [1.29, 1.82) is 0 Å². The molecular formula is C7H11N3O2. The summed E-state index contributed by atoms with van der Waals surface area (Å²) >= 11 is 0. The first-order chi connectivity index (χ1) is 5.66. The number of H-pyrrole nitrogens is 1. The van der Waals surface area contributed by atoms with Gasteiger partial charge < -0.3 is 14.6 Å². The standard InChI is InChI=1S/C7H11N3O2/c1-10(2)6-5(12-3)7(11)9-4-8-6/h4H,1-3H3,(H,8,9,11). The zero-order valence-corrected chi connectivity index (χ0v) is 7.29. The van der Waals surface area contributed by atoms with E-state index < -0.39 is 0 Å². The Kier molecular flexibility index (Phi) is 2.32. The van der Waals surface area contributed by atoms with Crippen LogP contribution in [0.2, 0.25) is 0 Å². The Morgan fingerprint density at radius 1 is 1.58 bits per heavy atom. The number of hydrogen-bond acceptors (Lipinski definition) is 4. The average Bonchev–Trinajstić information content (AvgIpc) is 2.03. The number of nitrogens with zero attached hydrogens (tertiary/aromatic N) is 2. The molecule has 1 rings (SSSR count). The summed E-state index contributed by atoms with van der Waals surface area (Å²) in [5, 5.41) is 0. The van der Waals surface area contributed by atoms with E-state index in [1.165, 1.54) is 13.4 Å². The minimum Gasteiger partial charge on any atom is -0.489 e. The predicted octanol–water partition coefficient (Wildman–Crippen LogP) is -0.155. The van der Waals surface area contributed by atoms with Crippen molar-refractivity contribution in [3.05, 3.63) is 16.7 Å². The third-order valence-corrected chi connectivity index (χ3v) is 1.42. The molecule has 0 amide bonds. The van der Waals surface area contributed by atoms with Crippen molar-refractivity contribution in [3.8, 4) is 5.75 Å². The molecule has 5 heteroatoms. The van der Waals surface area contributed by atoms with Crippen LogP contribution in [0.1, 0.15) is 0 Å². The summed E-state index contributed by atoms with van der Waals surface area (Å²) in [7, 11) is 5.04. The normalized spacial score (nSPS) is 9.58. The Balaban J connectivity index is 3.28. The van der Waals surface area contributed by atoms with Crippen molar-refractivity contribution in [1.82, 2.24) is 9.97 Å². The zero-order chi connectivity index (χ0) is 9.14. The van der Waals surface area contributed by atoms with Gasteiger partial charge in [-0.05, 0) is 0 Å². The topological polar surface area (TPSA) is 58.2 Å². The lowest BCUT2D eigenvalue weighted by Crippen LogP contribution is -2.18. The number of nitrogens with one attached hydrogen (secondary N) is 1. The Labute approximate surface area is 70.0 Å². The SMILES string of the molecule is COc1c(N(C)C)nc[nH]c1=O. The number of hydrogen-bond donors (Lipinski definition) is 1. The average molecular weight is 169 g/mol. The lowest BCUT2D eigenvalue weighted by atomic mass is 10.5. The molecule has 0 aromatic carbocycles. The Hall–Kier alpha value is -1.52. The fourth-order valence-corrected chi connectivity index (χ4v) is 0.880. The summed E-state index contributed by atoms with van der Waals surface area (Å²) in [6, 6.07) is 0. The molecule has 0 fully saturated rings. The van der Waals surface area contributed by atoms with E-state index in [2.05, 4.69) is 9.97 Å². The van der Waals surface area contributed by atoms with Crippen LogP contribution in [0.5, 0.6) is 5.75 Å². The van der Waals surface area contributed by atoms with Crippen molar-refractivity contribution in [3.63, 3.8) is 0 Å². The first-order valence-electron chi connectivity index (χ1n) is 3.46. The fraction of sp³-hybridized carbons (Fsp3) is 0.429. The van der Waals surface area contributed by atoms with Gasteiger partial charge >= 0.3 is 0 Å². The molecule has 0 unspecified atom stereocenters. The van der Waals surface area contributed by atoms with E-state index >= 15 is 0 Å². The molecule has 1 aromatic heterocycles. The van der Waals surface area contributed by atoms with Gasteiger partial charge in [-0.25, -0.2) is 4.98 Å². The van der Waals surface area contributed by atoms with E-state index in [4.69, 9.17) is 4.74 Å². The maximum absolute atomic E-state index is 11.1. The largest absolute Gasteiger partial charge is 0.489 e. The highest BCUT2D eigenvalue weighted by Crippen LogP contribution is 2.16. The Morgan fingerprint density at radius 3 is 2.67 bits per heavy atom. The zero-order valence-electron chi connectivity index (χ0n) is 7.29. The number of aromatic amines is 1. The van der Waals surface area contributed by atoms with Crippen molar-refractivity contribution < 1.29 is 4.74 Å². The third kappa shape index (κ3) is 1.39. The van der Waals surface area contributed by atoms with E-state index in [9.17, 15) is 4.79 Å². The molecule has 1 aromatic rings. The molecule has 0 atom stereocenters. The Morgan fingerprint density at radius 2 is 2.25 bits per heavy atom. The van der Waals surface area contributed by atoms with E-state index in [0.29, 0.717) is 5.82 Å². The number of methoxy groups -OCH3 is 1. The summed E-state index contributed by atoms with van der Waals surface area (Å²) in [6.07, 6.45) is 1.35. The number of ether oxygens (including phenoxy) is 1. The van der Waals surface area contributed by atoms with Crippen LogP contribution in [0.25, 0.3) is 0 Å². The van der Waals surface area contributed by atoms with Crippen LogP contribution in [0.3, 0.4) is 0 Å². The highest BCUT2D eigenvalue weighted by Gasteiger charge is 2.09. The highest BCUT2D eigenvalue weighted by atomic mass is 16.5. The monoisotopic (exact) mass is 169 g/mol. The minimum absolute atomic E-state index is 0.238. The van der Waals surface area contributed by atoms with Gasteiger partial charge in [0, 0.05) is 14.1 Å². The molecule has 1 N–H and O–H groups in total. The summed E-state index contributed by atoms with van der Waals surface area (Å²) in [5.41, 5.74) is -0.267. The van der Waals surface area contributed by atoms with Gasteiger partial charge in [-0.15, -0.1) is 0 Å². The summed E-state index contributed by atoms with van der Waals surface area (Å²) in [4.78, 5) is 19.2. The van der Waals surface area contributed by atoms with Gasteiger partial charge in [0.25, 0.3) is 5.56 Å². The molecule has 0 spiro atoms. The number of aromatic nitrogens is 2. The van der Waals surface area contributed by atoms with Gasteiger partial charge in [0.1, 0.15) is 0 Å². The van der Waals surface area contributed by atoms with Crippen molar-refractivity contribution in [2.24, 2.45) is 0 Å².